The van der Waals surface area contributed by atoms with Crippen molar-refractivity contribution in [1.82, 2.24) is 0 Å². The minimum atomic E-state index is -1.31. The molecule has 0 aliphatic carbocycles. The van der Waals surface area contributed by atoms with Gasteiger partial charge in [0.25, 0.3) is 0 Å². The summed E-state index contributed by atoms with van der Waals surface area (Å²) in [6.45, 7) is 1.79. The number of nitrogens with two attached hydrogens (primary N) is 1. The van der Waals surface area contributed by atoms with E-state index in [9.17, 15) is 9.59 Å². The molecule has 1 saturated heterocycles. The third-order valence-electron chi connectivity index (χ3n) is 1.66. The molecule has 6 nitrogen and oxygen atoms in total. The van der Waals surface area contributed by atoms with Crippen LogP contribution in [0.5, 0.6) is 0 Å². The molecule has 0 aromatic rings. The van der Waals surface area contributed by atoms with Crippen LogP contribution in [-0.2, 0) is 30.7 Å². The van der Waals surface area contributed by atoms with Crippen molar-refractivity contribution in [2.45, 2.75) is 25.3 Å². The molecule has 4 N–H and O–H groups in total. The Morgan fingerprint density at radius 3 is 1.94 bits per heavy atom. The molecule has 16 heavy (non-hydrogen) atoms. The summed E-state index contributed by atoms with van der Waals surface area (Å²) in [6, 6.07) is 0.500. The van der Waals surface area contributed by atoms with Crippen molar-refractivity contribution in [3.05, 3.63) is 12.7 Å². The predicted octanol–water partition coefficient (Wildman–Crippen LogP) is 0.475. The monoisotopic (exact) mass is 413 g/mol. The molecule has 0 unspecified atom stereocenters. The quantitative estimate of drug-likeness (QED) is 0.460. The summed E-state index contributed by atoms with van der Waals surface area (Å²) in [7, 11) is 0. The Hall–Kier alpha value is -0.452. The van der Waals surface area contributed by atoms with Gasteiger partial charge in [-0.05, 0) is 6.54 Å². The maximum Gasteiger partial charge on any atom is 2.00 e. The van der Waals surface area contributed by atoms with Crippen molar-refractivity contribution < 1.29 is 40.9 Å². The topological polar surface area (TPSA) is 115 Å². The SMILES string of the molecule is NC[C@@H]1CCC[N-]1.O=C(O)CC(=O)O.[CH3-].[Pt+2]. The first-order valence-electron chi connectivity index (χ1n) is 4.36. The summed E-state index contributed by atoms with van der Waals surface area (Å²) in [5, 5.41) is 19.6. The van der Waals surface area contributed by atoms with Crippen LogP contribution in [-0.4, -0.2) is 41.3 Å². The Kier molecular flexibility index (Phi) is 16.5. The van der Waals surface area contributed by atoms with Crippen LogP contribution < -0.4 is 5.73 Å². The standard InChI is InChI=1S/C5H11N2.C3H4O4.CH3.Pt/c6-4-5-2-1-3-7-5;4-2(5)1-3(6)7;;/h5H,1-4,6H2;1H2,(H,4,5)(H,6,7);1H3;/q-1;;-1;+2/t5-;;;/m0.../s1. The molecule has 0 aromatic carbocycles. The van der Waals surface area contributed by atoms with Gasteiger partial charge in [0.15, 0.2) is 0 Å². The fraction of sp³-hybridized carbons (Fsp3) is 0.667. The van der Waals surface area contributed by atoms with Gasteiger partial charge in [0, 0.05) is 0 Å². The number of nitrogens with zero attached hydrogens (tertiary/aromatic N) is 1. The number of carboxylic acid groups (broad SMARTS) is 2. The Morgan fingerprint density at radius 2 is 1.81 bits per heavy atom. The zero-order valence-electron chi connectivity index (χ0n) is 9.16. The Bertz CT molecular complexity index is 184. The van der Waals surface area contributed by atoms with Crippen LogP contribution >= 0.6 is 0 Å². The van der Waals surface area contributed by atoms with Gasteiger partial charge in [0.05, 0.1) is 0 Å². The van der Waals surface area contributed by atoms with E-state index in [2.05, 4.69) is 5.32 Å². The van der Waals surface area contributed by atoms with Crippen LogP contribution in [0.3, 0.4) is 0 Å². The Morgan fingerprint density at radius 1 is 1.31 bits per heavy atom. The molecule has 1 fully saturated rings. The second-order valence-electron chi connectivity index (χ2n) is 2.90. The number of carbonyl (C=O) groups is 2. The Labute approximate surface area is 110 Å². The third kappa shape index (κ3) is 13.5. The normalized spacial score (nSPS) is 17.2. The van der Waals surface area contributed by atoms with Gasteiger partial charge in [-0.15, -0.1) is 12.6 Å². The first-order chi connectivity index (χ1) is 6.56. The third-order valence-corrected chi connectivity index (χ3v) is 1.66. The fourth-order valence-corrected chi connectivity index (χ4v) is 1.01. The number of hydrogen-bond donors (Lipinski definition) is 3. The molecule has 0 aromatic heterocycles. The number of aliphatic carboxylic acids is 2. The summed E-state index contributed by atoms with van der Waals surface area (Å²) in [4.78, 5) is 18.9. The number of hydrogen-bond acceptors (Lipinski definition) is 3. The average molecular weight is 413 g/mol. The number of carboxylic acids is 2. The largest absolute Gasteiger partial charge is 2.00 e. The minimum absolute atomic E-state index is 0. The second-order valence-corrected chi connectivity index (χ2v) is 2.90. The molecule has 1 aliphatic heterocycles. The van der Waals surface area contributed by atoms with E-state index in [-0.39, 0.29) is 28.5 Å². The molecule has 0 radical (unpaired) electrons. The van der Waals surface area contributed by atoms with Gasteiger partial charge in [0.2, 0.25) is 0 Å². The van der Waals surface area contributed by atoms with E-state index >= 15 is 0 Å². The molecule has 1 atom stereocenters. The molecule has 1 rings (SSSR count). The second kappa shape index (κ2) is 12.6. The van der Waals surface area contributed by atoms with Crippen LogP contribution in [0.4, 0.5) is 0 Å². The van der Waals surface area contributed by atoms with Crippen molar-refractivity contribution in [1.29, 1.82) is 0 Å². The van der Waals surface area contributed by atoms with E-state index in [1.54, 1.807) is 0 Å². The van der Waals surface area contributed by atoms with Gasteiger partial charge < -0.3 is 28.7 Å². The van der Waals surface area contributed by atoms with E-state index in [1.165, 1.54) is 12.8 Å². The summed E-state index contributed by atoms with van der Waals surface area (Å²) < 4.78 is 0. The molecular formula is C9H18N2O4Pt. The maximum absolute atomic E-state index is 9.43. The summed E-state index contributed by atoms with van der Waals surface area (Å²) >= 11 is 0. The van der Waals surface area contributed by atoms with Gasteiger partial charge in [-0.1, -0.05) is 12.8 Å². The molecule has 0 spiro atoms. The average Bonchev–Trinajstić information content (AvgIpc) is 2.53. The molecule has 1 heterocycles. The van der Waals surface area contributed by atoms with Gasteiger partial charge in [-0.3, -0.25) is 9.59 Å². The first-order valence-corrected chi connectivity index (χ1v) is 4.36. The van der Waals surface area contributed by atoms with Crippen LogP contribution in [0.15, 0.2) is 0 Å². The van der Waals surface area contributed by atoms with Crippen molar-refractivity contribution in [2.75, 3.05) is 13.1 Å². The molecular weight excluding hydrogens is 395 g/mol. The van der Waals surface area contributed by atoms with E-state index in [1.807, 2.05) is 0 Å². The van der Waals surface area contributed by atoms with Crippen molar-refractivity contribution in [2.24, 2.45) is 5.73 Å². The summed E-state index contributed by atoms with van der Waals surface area (Å²) in [6.07, 6.45) is 1.67. The van der Waals surface area contributed by atoms with E-state index in [0.717, 1.165) is 13.1 Å². The van der Waals surface area contributed by atoms with Crippen LogP contribution in [0.25, 0.3) is 5.32 Å². The van der Waals surface area contributed by atoms with E-state index in [0.29, 0.717) is 6.04 Å². The zero-order chi connectivity index (χ0) is 11.0. The molecule has 0 amide bonds. The van der Waals surface area contributed by atoms with E-state index < -0.39 is 18.4 Å². The molecule has 0 saturated carbocycles. The van der Waals surface area contributed by atoms with Gasteiger partial charge >= 0.3 is 33.0 Å². The molecule has 98 valence electrons. The van der Waals surface area contributed by atoms with Gasteiger partial charge in [-0.2, -0.15) is 0 Å². The number of rotatable bonds is 3. The molecule has 7 heteroatoms. The van der Waals surface area contributed by atoms with Crippen molar-refractivity contribution in [3.63, 3.8) is 0 Å². The Balaban J connectivity index is -0.000000188. The first kappa shape index (κ1) is 20.9. The summed E-state index contributed by atoms with van der Waals surface area (Å²) in [5.41, 5.74) is 5.34. The van der Waals surface area contributed by atoms with Gasteiger partial charge in [-0.25, -0.2) is 0 Å². The molecule has 0 bridgehead atoms. The predicted molar refractivity (Wildman–Crippen MR) is 56.6 cm³/mol. The maximum atomic E-state index is 9.43. The van der Waals surface area contributed by atoms with Crippen molar-refractivity contribution >= 4 is 11.9 Å². The fourth-order valence-electron chi connectivity index (χ4n) is 1.01. The zero-order valence-corrected chi connectivity index (χ0v) is 11.4. The van der Waals surface area contributed by atoms with E-state index in [4.69, 9.17) is 15.9 Å². The summed E-state index contributed by atoms with van der Waals surface area (Å²) in [5.74, 6) is -2.62. The van der Waals surface area contributed by atoms with Crippen LogP contribution in [0, 0.1) is 7.43 Å². The smallest absolute Gasteiger partial charge is 0.658 e. The van der Waals surface area contributed by atoms with Crippen LogP contribution in [0.2, 0.25) is 0 Å². The minimum Gasteiger partial charge on any atom is -0.658 e. The van der Waals surface area contributed by atoms with Gasteiger partial charge in [0.1, 0.15) is 6.42 Å². The van der Waals surface area contributed by atoms with Crippen molar-refractivity contribution in [3.8, 4) is 0 Å². The van der Waals surface area contributed by atoms with Crippen LogP contribution in [0.1, 0.15) is 19.3 Å². The molecule has 1 aliphatic rings.